The summed E-state index contributed by atoms with van der Waals surface area (Å²) >= 11 is 0. The number of anilines is 1. The lowest BCUT2D eigenvalue weighted by Gasteiger charge is -2.16. The third kappa shape index (κ3) is 3.69. The summed E-state index contributed by atoms with van der Waals surface area (Å²) in [4.78, 5) is 24.0. The van der Waals surface area contributed by atoms with E-state index in [1.165, 1.54) is 14.2 Å². The van der Waals surface area contributed by atoms with Crippen molar-refractivity contribution in [2.24, 2.45) is 0 Å². The molecule has 7 heteroatoms. The maximum Gasteiger partial charge on any atom is 0.307 e. The van der Waals surface area contributed by atoms with Crippen molar-refractivity contribution >= 4 is 17.7 Å². The fourth-order valence-electron chi connectivity index (χ4n) is 1.25. The Bertz CT molecular complexity index is 419. The van der Waals surface area contributed by atoms with Gasteiger partial charge in [-0.15, -0.1) is 10.2 Å². The van der Waals surface area contributed by atoms with Gasteiger partial charge in [0, 0.05) is 20.6 Å². The van der Waals surface area contributed by atoms with Crippen LogP contribution >= 0.6 is 0 Å². The molecule has 0 aliphatic rings. The minimum Gasteiger partial charge on any atom is -0.469 e. The van der Waals surface area contributed by atoms with Crippen LogP contribution in [-0.4, -0.2) is 49.8 Å². The summed E-state index contributed by atoms with van der Waals surface area (Å²) in [5.41, 5.74) is 0.252. The molecule has 0 spiro atoms. The van der Waals surface area contributed by atoms with E-state index in [0.29, 0.717) is 12.4 Å². The van der Waals surface area contributed by atoms with Gasteiger partial charge in [-0.3, -0.25) is 9.59 Å². The number of aromatic nitrogens is 2. The van der Waals surface area contributed by atoms with Crippen molar-refractivity contribution < 1.29 is 14.3 Å². The van der Waals surface area contributed by atoms with Gasteiger partial charge in [0.05, 0.1) is 13.5 Å². The van der Waals surface area contributed by atoms with Gasteiger partial charge < -0.3 is 15.0 Å². The van der Waals surface area contributed by atoms with Crippen LogP contribution in [0.5, 0.6) is 0 Å². The highest BCUT2D eigenvalue weighted by Crippen LogP contribution is 2.08. The number of hydrogen-bond donors (Lipinski definition) is 1. The minimum absolute atomic E-state index is 0.252. The highest BCUT2D eigenvalue weighted by molar-refractivity contribution is 5.91. The molecule has 98 valence electrons. The second-order valence-electron chi connectivity index (χ2n) is 3.60. The second-order valence-corrected chi connectivity index (χ2v) is 3.60. The predicted octanol–water partition coefficient (Wildman–Crippen LogP) is -0.164. The lowest BCUT2D eigenvalue weighted by atomic mass is 10.3. The molecule has 0 radical (unpaired) electrons. The first-order valence-corrected chi connectivity index (χ1v) is 5.42. The summed E-state index contributed by atoms with van der Waals surface area (Å²) < 4.78 is 4.55. The molecule has 0 unspecified atom stereocenters. The topological polar surface area (TPSA) is 84.4 Å². The summed E-state index contributed by atoms with van der Waals surface area (Å²) in [6, 6.07) is 3.25. The lowest BCUT2D eigenvalue weighted by Crippen LogP contribution is -2.24. The van der Waals surface area contributed by atoms with Crippen molar-refractivity contribution in [2.75, 3.05) is 32.6 Å². The van der Waals surface area contributed by atoms with Crippen LogP contribution in [0, 0.1) is 0 Å². The molecule has 1 amide bonds. The number of amides is 1. The van der Waals surface area contributed by atoms with E-state index in [-0.39, 0.29) is 24.0 Å². The zero-order valence-electron chi connectivity index (χ0n) is 10.6. The molecule has 1 rings (SSSR count). The SMILES string of the molecule is CNC(=O)c1ccc(N(C)CCC(=O)OC)nn1. The molecule has 1 heterocycles. The molecule has 0 saturated carbocycles. The predicted molar refractivity (Wildman–Crippen MR) is 65.3 cm³/mol. The third-order valence-corrected chi connectivity index (χ3v) is 2.38. The number of rotatable bonds is 5. The summed E-state index contributed by atoms with van der Waals surface area (Å²) in [6.45, 7) is 0.473. The van der Waals surface area contributed by atoms with E-state index in [9.17, 15) is 9.59 Å². The van der Waals surface area contributed by atoms with E-state index in [1.807, 2.05) is 0 Å². The highest BCUT2D eigenvalue weighted by atomic mass is 16.5. The van der Waals surface area contributed by atoms with Gasteiger partial charge in [0.2, 0.25) is 0 Å². The molecule has 1 N–H and O–H groups in total. The molecule has 0 atom stereocenters. The molecule has 0 aliphatic heterocycles. The first kappa shape index (κ1) is 13.9. The second kappa shape index (κ2) is 6.53. The first-order valence-electron chi connectivity index (χ1n) is 5.42. The van der Waals surface area contributed by atoms with E-state index < -0.39 is 0 Å². The fraction of sp³-hybridized carbons (Fsp3) is 0.455. The summed E-state index contributed by atoms with van der Waals surface area (Å²) in [5.74, 6) is 0.0228. The van der Waals surface area contributed by atoms with Crippen LogP contribution in [0.2, 0.25) is 0 Å². The van der Waals surface area contributed by atoms with Crippen molar-refractivity contribution in [1.82, 2.24) is 15.5 Å². The van der Waals surface area contributed by atoms with Crippen LogP contribution in [0.4, 0.5) is 5.82 Å². The molecule has 0 fully saturated rings. The molecule has 0 aliphatic carbocycles. The quantitative estimate of drug-likeness (QED) is 0.733. The zero-order valence-corrected chi connectivity index (χ0v) is 10.6. The van der Waals surface area contributed by atoms with Gasteiger partial charge in [-0.1, -0.05) is 0 Å². The Hall–Kier alpha value is -2.18. The van der Waals surface area contributed by atoms with Gasteiger partial charge in [-0.2, -0.15) is 0 Å². The number of carbonyl (C=O) groups excluding carboxylic acids is 2. The van der Waals surface area contributed by atoms with Crippen molar-refractivity contribution in [1.29, 1.82) is 0 Å². The van der Waals surface area contributed by atoms with Crippen molar-refractivity contribution in [3.05, 3.63) is 17.8 Å². The van der Waals surface area contributed by atoms with Gasteiger partial charge in [0.15, 0.2) is 11.5 Å². The monoisotopic (exact) mass is 252 g/mol. The standard InChI is InChI=1S/C11H16N4O3/c1-12-11(17)8-4-5-9(14-13-8)15(2)7-6-10(16)18-3/h4-5H,6-7H2,1-3H3,(H,12,17). The molecule has 0 bridgehead atoms. The Morgan fingerprint density at radius 2 is 2.11 bits per heavy atom. The molecule has 1 aromatic heterocycles. The smallest absolute Gasteiger partial charge is 0.307 e. The number of carbonyl (C=O) groups is 2. The molecule has 0 saturated heterocycles. The van der Waals surface area contributed by atoms with Crippen LogP contribution < -0.4 is 10.2 Å². The number of methoxy groups -OCH3 is 1. The molecule has 0 aromatic carbocycles. The van der Waals surface area contributed by atoms with Crippen LogP contribution in [0.25, 0.3) is 0 Å². The number of ether oxygens (including phenoxy) is 1. The van der Waals surface area contributed by atoms with E-state index >= 15 is 0 Å². The zero-order chi connectivity index (χ0) is 13.5. The number of nitrogens with one attached hydrogen (secondary N) is 1. The Morgan fingerprint density at radius 3 is 2.61 bits per heavy atom. The van der Waals surface area contributed by atoms with Gasteiger partial charge in [0.25, 0.3) is 5.91 Å². The van der Waals surface area contributed by atoms with Gasteiger partial charge >= 0.3 is 5.97 Å². The largest absolute Gasteiger partial charge is 0.469 e. The van der Waals surface area contributed by atoms with Crippen LogP contribution in [0.1, 0.15) is 16.9 Å². The number of nitrogens with zero attached hydrogens (tertiary/aromatic N) is 3. The Morgan fingerprint density at radius 1 is 1.39 bits per heavy atom. The fourth-order valence-corrected chi connectivity index (χ4v) is 1.25. The third-order valence-electron chi connectivity index (χ3n) is 2.38. The molecule has 7 nitrogen and oxygen atoms in total. The summed E-state index contributed by atoms with van der Waals surface area (Å²) in [6.07, 6.45) is 0.270. The first-order chi connectivity index (χ1) is 8.58. The molecular formula is C11H16N4O3. The average molecular weight is 252 g/mol. The van der Waals surface area contributed by atoms with Crippen LogP contribution in [-0.2, 0) is 9.53 Å². The lowest BCUT2D eigenvalue weighted by molar-refractivity contribution is -0.140. The number of esters is 1. The maximum absolute atomic E-state index is 11.3. The van der Waals surface area contributed by atoms with E-state index in [1.54, 1.807) is 24.1 Å². The molecule has 1 aromatic rings. The van der Waals surface area contributed by atoms with E-state index in [0.717, 1.165) is 0 Å². The van der Waals surface area contributed by atoms with Crippen molar-refractivity contribution in [3.8, 4) is 0 Å². The number of hydrogen-bond acceptors (Lipinski definition) is 6. The highest BCUT2D eigenvalue weighted by Gasteiger charge is 2.09. The van der Waals surface area contributed by atoms with Crippen molar-refractivity contribution in [2.45, 2.75) is 6.42 Å². The van der Waals surface area contributed by atoms with Gasteiger partial charge in [0.1, 0.15) is 0 Å². The Balaban J connectivity index is 2.61. The minimum atomic E-state index is -0.286. The van der Waals surface area contributed by atoms with Gasteiger partial charge in [-0.25, -0.2) is 0 Å². The average Bonchev–Trinajstić information content (AvgIpc) is 2.43. The van der Waals surface area contributed by atoms with Crippen LogP contribution in [0.3, 0.4) is 0 Å². The Kier molecular flexibility index (Phi) is 5.04. The van der Waals surface area contributed by atoms with Crippen molar-refractivity contribution in [3.63, 3.8) is 0 Å². The summed E-state index contributed by atoms with van der Waals surface area (Å²) in [7, 11) is 4.66. The molecule has 18 heavy (non-hydrogen) atoms. The van der Waals surface area contributed by atoms with Gasteiger partial charge in [-0.05, 0) is 12.1 Å². The molecular weight excluding hydrogens is 236 g/mol. The van der Waals surface area contributed by atoms with E-state index in [4.69, 9.17) is 0 Å². The van der Waals surface area contributed by atoms with E-state index in [2.05, 4.69) is 20.3 Å². The van der Waals surface area contributed by atoms with Crippen LogP contribution in [0.15, 0.2) is 12.1 Å². The maximum atomic E-state index is 11.3. The Labute approximate surface area is 105 Å². The normalized spacial score (nSPS) is 9.72. The summed E-state index contributed by atoms with van der Waals surface area (Å²) in [5, 5.41) is 10.2.